The highest BCUT2D eigenvalue weighted by atomic mass is 32.2. The lowest BCUT2D eigenvalue weighted by Gasteiger charge is -2.29. The summed E-state index contributed by atoms with van der Waals surface area (Å²) in [5, 5.41) is 9.92. The number of rotatable bonds is 10. The van der Waals surface area contributed by atoms with Crippen LogP contribution >= 0.6 is 0 Å². The largest absolute Gasteiger partial charge is 0.748 e. The topological polar surface area (TPSA) is 77.4 Å². The van der Waals surface area contributed by atoms with E-state index in [1.54, 1.807) is 0 Å². The minimum absolute atomic E-state index is 0.116. The van der Waals surface area contributed by atoms with Crippen molar-refractivity contribution in [3.05, 3.63) is 36.8 Å². The van der Waals surface area contributed by atoms with Crippen LogP contribution in [0.3, 0.4) is 0 Å². The van der Waals surface area contributed by atoms with Crippen LogP contribution in [0.1, 0.15) is 40.0 Å². The maximum Gasteiger partial charge on any atom is 0.119 e. The monoisotopic (exact) mass is 317 g/mol. The van der Waals surface area contributed by atoms with Crippen LogP contribution in [0.5, 0.6) is 0 Å². The van der Waals surface area contributed by atoms with Gasteiger partial charge in [-0.2, -0.15) is 0 Å². The predicted octanol–water partition coefficient (Wildman–Crippen LogP) is 2.48. The van der Waals surface area contributed by atoms with Gasteiger partial charge in [0.15, 0.2) is 0 Å². The molecule has 0 aliphatic heterocycles. The molecule has 0 bridgehead atoms. The number of aliphatic hydroxyl groups excluding tert-OH is 1. The van der Waals surface area contributed by atoms with E-state index in [4.69, 9.17) is 0 Å². The van der Waals surface area contributed by atoms with Gasteiger partial charge < -0.3 is 9.66 Å². The fraction of sp³-hybridized carbons (Fsp3) is 0.600. The van der Waals surface area contributed by atoms with Gasteiger partial charge in [-0.1, -0.05) is 20.8 Å². The minimum atomic E-state index is -4.44. The fourth-order valence-corrected chi connectivity index (χ4v) is 2.47. The zero-order valence-electron chi connectivity index (χ0n) is 13.1. The number of quaternary nitrogens is 1. The summed E-state index contributed by atoms with van der Waals surface area (Å²) < 4.78 is 32.6. The van der Waals surface area contributed by atoms with Crippen LogP contribution in [0.2, 0.25) is 0 Å². The van der Waals surface area contributed by atoms with Gasteiger partial charge in [0, 0.05) is 0 Å². The van der Waals surface area contributed by atoms with E-state index in [9.17, 15) is 18.1 Å². The Morgan fingerprint density at radius 3 is 1.67 bits per heavy atom. The Kier molecular flexibility index (Phi) is 9.44. The number of aliphatic hydroxyl groups is 1. The molecule has 0 radical (unpaired) electrons. The zero-order chi connectivity index (χ0) is 16.4. The van der Waals surface area contributed by atoms with E-state index in [-0.39, 0.29) is 11.0 Å². The maximum absolute atomic E-state index is 10.8. The molecule has 0 rings (SSSR count). The summed E-state index contributed by atoms with van der Waals surface area (Å²) in [4.78, 5) is 0. The Bertz CT molecular complexity index is 430. The second-order valence-corrected chi connectivity index (χ2v) is 6.38. The van der Waals surface area contributed by atoms with Crippen molar-refractivity contribution in [1.29, 1.82) is 0 Å². The van der Waals surface area contributed by atoms with Crippen molar-refractivity contribution in [3.63, 3.8) is 0 Å². The number of allylic oxidation sites excluding steroid dienone is 3. The van der Waals surface area contributed by atoms with Gasteiger partial charge in [0.2, 0.25) is 0 Å². The van der Waals surface area contributed by atoms with Gasteiger partial charge in [-0.3, -0.25) is 0 Å². The predicted molar refractivity (Wildman–Crippen MR) is 84.0 cm³/mol. The molecule has 0 heterocycles. The maximum atomic E-state index is 10.8. The zero-order valence-corrected chi connectivity index (χ0v) is 13.9. The molecule has 0 aliphatic carbocycles. The van der Waals surface area contributed by atoms with Gasteiger partial charge in [0.05, 0.1) is 15.9 Å². The van der Waals surface area contributed by atoms with Gasteiger partial charge in [0.1, 0.15) is 31.2 Å². The van der Waals surface area contributed by atoms with E-state index < -0.39 is 22.0 Å². The van der Waals surface area contributed by atoms with Crippen molar-refractivity contribution in [1.82, 2.24) is 0 Å². The summed E-state index contributed by atoms with van der Waals surface area (Å²) in [6.07, 6.45) is 12.9. The molecular formula is C15H27NO4S. The highest BCUT2D eigenvalue weighted by Crippen LogP contribution is 2.16. The highest BCUT2D eigenvalue weighted by molar-refractivity contribution is 7.85. The molecule has 1 N–H and O–H groups in total. The molecule has 0 aromatic heterocycles. The summed E-state index contributed by atoms with van der Waals surface area (Å²) in [5.41, 5.74) is 0. The summed E-state index contributed by atoms with van der Waals surface area (Å²) in [5.74, 6) is -0.771. The van der Waals surface area contributed by atoms with Gasteiger partial charge in [-0.05, 0) is 37.5 Å². The molecular weight excluding hydrogens is 290 g/mol. The number of hydrogen-bond donors (Lipinski definition) is 1. The van der Waals surface area contributed by atoms with E-state index in [1.807, 2.05) is 57.6 Å². The van der Waals surface area contributed by atoms with Crippen molar-refractivity contribution < 1.29 is 22.6 Å². The molecule has 0 spiro atoms. The van der Waals surface area contributed by atoms with Crippen LogP contribution in [0.25, 0.3) is 0 Å². The molecule has 0 amide bonds. The molecule has 1 unspecified atom stereocenters. The van der Waals surface area contributed by atoms with Gasteiger partial charge in [-0.25, -0.2) is 12.9 Å². The van der Waals surface area contributed by atoms with Crippen molar-refractivity contribution >= 4 is 10.1 Å². The molecule has 0 aromatic rings. The van der Waals surface area contributed by atoms with E-state index >= 15 is 0 Å². The summed E-state index contributed by atoms with van der Waals surface area (Å²) in [7, 11) is -4.44. The molecule has 0 aliphatic rings. The Morgan fingerprint density at radius 1 is 1.00 bits per heavy atom. The van der Waals surface area contributed by atoms with Crippen molar-refractivity contribution in [2.45, 2.75) is 46.1 Å². The third-order valence-electron chi connectivity index (χ3n) is 2.78. The van der Waals surface area contributed by atoms with E-state index in [0.717, 1.165) is 19.3 Å². The first-order valence-electron chi connectivity index (χ1n) is 7.30. The second kappa shape index (κ2) is 9.89. The fourth-order valence-electron chi connectivity index (χ4n) is 1.89. The first-order chi connectivity index (χ1) is 9.78. The molecule has 122 valence electrons. The Morgan fingerprint density at radius 2 is 1.38 bits per heavy atom. The molecule has 6 heteroatoms. The second-order valence-electron chi connectivity index (χ2n) is 4.93. The third-order valence-corrected chi connectivity index (χ3v) is 3.57. The minimum Gasteiger partial charge on any atom is -0.748 e. The van der Waals surface area contributed by atoms with Gasteiger partial charge in [-0.15, -0.1) is 0 Å². The van der Waals surface area contributed by atoms with Crippen LogP contribution in [0.4, 0.5) is 0 Å². The smallest absolute Gasteiger partial charge is 0.119 e. The standard InChI is InChI=1S/C15H27NO4S/c1-4-7-10-16(11-8-5-2,12-9-6-3)13-15(17)14-21(18,19)20/h7-12,15,17H,4-6,13-14H2,1-3H3/b10-7+,11-8+,12-9+. The van der Waals surface area contributed by atoms with Crippen molar-refractivity contribution in [3.8, 4) is 0 Å². The Labute approximate surface area is 128 Å². The molecule has 1 atom stereocenters. The molecule has 0 aromatic carbocycles. The third kappa shape index (κ3) is 9.57. The Hall–Kier alpha value is -0.950. The van der Waals surface area contributed by atoms with Crippen LogP contribution in [0, 0.1) is 0 Å². The van der Waals surface area contributed by atoms with Crippen molar-refractivity contribution in [2.24, 2.45) is 0 Å². The van der Waals surface area contributed by atoms with E-state index in [1.165, 1.54) is 0 Å². The average Bonchev–Trinajstić information content (AvgIpc) is 2.38. The summed E-state index contributed by atoms with van der Waals surface area (Å²) in [6, 6.07) is 0. The van der Waals surface area contributed by atoms with Crippen LogP contribution in [-0.2, 0) is 10.1 Å². The van der Waals surface area contributed by atoms with E-state index in [2.05, 4.69) is 0 Å². The molecule has 5 nitrogen and oxygen atoms in total. The van der Waals surface area contributed by atoms with Crippen LogP contribution in [0.15, 0.2) is 36.8 Å². The summed E-state index contributed by atoms with van der Waals surface area (Å²) in [6.45, 7) is 6.11. The van der Waals surface area contributed by atoms with Crippen LogP contribution < -0.4 is 0 Å². The lowest BCUT2D eigenvalue weighted by molar-refractivity contribution is -0.777. The van der Waals surface area contributed by atoms with E-state index in [0.29, 0.717) is 0 Å². The molecule has 0 saturated carbocycles. The summed E-state index contributed by atoms with van der Waals surface area (Å²) >= 11 is 0. The SMILES string of the molecule is CC/C=C/[N+](/C=C/CC)(/C=C/CC)CC(O)CS(=O)(=O)[O-]. The molecule has 0 saturated heterocycles. The lowest BCUT2D eigenvalue weighted by atomic mass is 10.3. The van der Waals surface area contributed by atoms with Gasteiger partial charge >= 0.3 is 0 Å². The van der Waals surface area contributed by atoms with Gasteiger partial charge in [0.25, 0.3) is 0 Å². The first kappa shape index (κ1) is 20.1. The highest BCUT2D eigenvalue weighted by Gasteiger charge is 2.25. The normalized spacial score (nSPS) is 15.5. The lowest BCUT2D eigenvalue weighted by Crippen LogP contribution is -2.41. The number of nitrogens with zero attached hydrogens (tertiary/aromatic N) is 1. The quantitative estimate of drug-likeness (QED) is 0.496. The van der Waals surface area contributed by atoms with Crippen molar-refractivity contribution in [2.75, 3.05) is 12.3 Å². The first-order valence-corrected chi connectivity index (χ1v) is 8.88. The van der Waals surface area contributed by atoms with Crippen LogP contribution in [-0.4, -0.2) is 41.0 Å². The molecule has 21 heavy (non-hydrogen) atoms. The average molecular weight is 317 g/mol. The number of hydrogen-bond acceptors (Lipinski definition) is 4. The molecule has 0 fully saturated rings. The Balaban J connectivity index is 5.37.